The molecule has 1 aliphatic rings. The van der Waals surface area contributed by atoms with Crippen molar-refractivity contribution in [1.82, 2.24) is 4.98 Å². The number of rotatable bonds is 5. The van der Waals surface area contributed by atoms with Crippen LogP contribution >= 0.6 is 0 Å². The summed E-state index contributed by atoms with van der Waals surface area (Å²) in [5, 5.41) is 6.27. The van der Waals surface area contributed by atoms with Gasteiger partial charge in [-0.3, -0.25) is 4.79 Å². The van der Waals surface area contributed by atoms with Crippen LogP contribution in [0.1, 0.15) is 39.0 Å². The van der Waals surface area contributed by atoms with Crippen LogP contribution in [0.3, 0.4) is 0 Å². The van der Waals surface area contributed by atoms with Crippen LogP contribution < -0.4 is 16.4 Å². The number of nitrogens with zero attached hydrogens (tertiary/aromatic N) is 1. The lowest BCUT2D eigenvalue weighted by molar-refractivity contribution is -0.116. The summed E-state index contributed by atoms with van der Waals surface area (Å²) in [5.41, 5.74) is 6.05. The van der Waals surface area contributed by atoms with Crippen LogP contribution in [0.25, 0.3) is 0 Å². The predicted octanol–water partition coefficient (Wildman–Crippen LogP) is 2.36. The van der Waals surface area contributed by atoms with Gasteiger partial charge in [-0.1, -0.05) is 19.8 Å². The summed E-state index contributed by atoms with van der Waals surface area (Å²) in [6.07, 6.45) is 7.13. The predicted molar refractivity (Wildman–Crippen MR) is 81.6 cm³/mol. The minimum Gasteiger partial charge on any atom is -0.367 e. The normalized spacial score (nSPS) is 22.3. The van der Waals surface area contributed by atoms with Gasteiger partial charge < -0.3 is 16.4 Å². The van der Waals surface area contributed by atoms with E-state index in [1.165, 1.54) is 25.7 Å². The SMILES string of the molecule is CC1CCCCC1Nc1ccc(NC(=O)CCN)cn1. The Bertz CT molecular complexity index is 432. The summed E-state index contributed by atoms with van der Waals surface area (Å²) in [6, 6.07) is 4.30. The Morgan fingerprint density at radius 3 is 2.85 bits per heavy atom. The minimum atomic E-state index is -0.0732. The Hall–Kier alpha value is -1.62. The van der Waals surface area contributed by atoms with E-state index < -0.39 is 0 Å². The van der Waals surface area contributed by atoms with Crippen molar-refractivity contribution in [3.63, 3.8) is 0 Å². The van der Waals surface area contributed by atoms with E-state index in [-0.39, 0.29) is 5.91 Å². The molecule has 1 aliphatic carbocycles. The average molecular weight is 276 g/mol. The van der Waals surface area contributed by atoms with Gasteiger partial charge in [0.05, 0.1) is 11.9 Å². The molecule has 0 spiro atoms. The molecule has 1 aromatic rings. The fraction of sp³-hybridized carbons (Fsp3) is 0.600. The van der Waals surface area contributed by atoms with E-state index in [1.807, 2.05) is 12.1 Å². The van der Waals surface area contributed by atoms with Crippen molar-refractivity contribution in [3.05, 3.63) is 18.3 Å². The van der Waals surface area contributed by atoms with Gasteiger partial charge in [0.15, 0.2) is 0 Å². The lowest BCUT2D eigenvalue weighted by Gasteiger charge is -2.29. The van der Waals surface area contributed by atoms with Gasteiger partial charge in [-0.2, -0.15) is 0 Å². The number of carbonyl (C=O) groups excluding carboxylic acids is 1. The third-order valence-corrected chi connectivity index (χ3v) is 3.86. The minimum absolute atomic E-state index is 0.0732. The Kier molecular flexibility index (Phi) is 5.35. The summed E-state index contributed by atoms with van der Waals surface area (Å²) in [6.45, 7) is 2.65. The standard InChI is InChI=1S/C15H24N4O/c1-11-4-2-3-5-13(11)19-14-7-6-12(10-17-14)18-15(20)8-9-16/h6-7,10-11,13H,2-5,8-9,16H2,1H3,(H,17,19)(H,18,20). The van der Waals surface area contributed by atoms with Crippen molar-refractivity contribution in [2.45, 2.75) is 45.1 Å². The number of nitrogens with one attached hydrogen (secondary N) is 2. The first-order chi connectivity index (χ1) is 9.69. The molecule has 5 heteroatoms. The van der Waals surface area contributed by atoms with Crippen LogP contribution in [0.4, 0.5) is 11.5 Å². The molecule has 1 fully saturated rings. The molecule has 2 atom stereocenters. The molecule has 20 heavy (non-hydrogen) atoms. The third-order valence-electron chi connectivity index (χ3n) is 3.86. The van der Waals surface area contributed by atoms with Gasteiger partial charge in [-0.25, -0.2) is 4.98 Å². The fourth-order valence-electron chi connectivity index (χ4n) is 2.63. The van der Waals surface area contributed by atoms with Crippen LogP contribution in [0.5, 0.6) is 0 Å². The molecule has 0 aliphatic heterocycles. The van der Waals surface area contributed by atoms with Gasteiger partial charge in [-0.05, 0) is 30.9 Å². The van der Waals surface area contributed by atoms with E-state index in [4.69, 9.17) is 5.73 Å². The molecule has 2 unspecified atom stereocenters. The number of amides is 1. The second-order valence-corrected chi connectivity index (χ2v) is 5.53. The summed E-state index contributed by atoms with van der Waals surface area (Å²) >= 11 is 0. The summed E-state index contributed by atoms with van der Waals surface area (Å²) < 4.78 is 0. The van der Waals surface area contributed by atoms with E-state index in [0.717, 1.165) is 5.82 Å². The maximum Gasteiger partial charge on any atom is 0.225 e. The molecule has 1 saturated carbocycles. The highest BCUT2D eigenvalue weighted by atomic mass is 16.1. The first-order valence-electron chi connectivity index (χ1n) is 7.41. The van der Waals surface area contributed by atoms with Gasteiger partial charge in [-0.15, -0.1) is 0 Å². The van der Waals surface area contributed by atoms with Gasteiger partial charge in [0.25, 0.3) is 0 Å². The molecule has 0 aromatic carbocycles. The van der Waals surface area contributed by atoms with Crippen molar-refractivity contribution >= 4 is 17.4 Å². The van der Waals surface area contributed by atoms with Crippen LogP contribution in [0.2, 0.25) is 0 Å². The largest absolute Gasteiger partial charge is 0.367 e. The van der Waals surface area contributed by atoms with Crippen molar-refractivity contribution in [2.24, 2.45) is 11.7 Å². The molecular weight excluding hydrogens is 252 g/mol. The molecular formula is C15H24N4O. The topological polar surface area (TPSA) is 80.0 Å². The molecule has 110 valence electrons. The summed E-state index contributed by atoms with van der Waals surface area (Å²) in [7, 11) is 0. The van der Waals surface area contributed by atoms with Gasteiger partial charge in [0.2, 0.25) is 5.91 Å². The second-order valence-electron chi connectivity index (χ2n) is 5.53. The molecule has 1 aromatic heterocycles. The van der Waals surface area contributed by atoms with Crippen LogP contribution in [0, 0.1) is 5.92 Å². The zero-order valence-corrected chi connectivity index (χ0v) is 12.1. The van der Waals surface area contributed by atoms with E-state index >= 15 is 0 Å². The van der Waals surface area contributed by atoms with E-state index in [0.29, 0.717) is 30.6 Å². The fourth-order valence-corrected chi connectivity index (χ4v) is 2.63. The van der Waals surface area contributed by atoms with Crippen molar-refractivity contribution in [1.29, 1.82) is 0 Å². The number of carbonyl (C=O) groups is 1. The Balaban J connectivity index is 1.89. The molecule has 4 N–H and O–H groups in total. The van der Waals surface area contributed by atoms with Crippen LogP contribution in [-0.4, -0.2) is 23.5 Å². The van der Waals surface area contributed by atoms with Gasteiger partial charge in [0.1, 0.15) is 5.82 Å². The smallest absolute Gasteiger partial charge is 0.225 e. The van der Waals surface area contributed by atoms with Crippen molar-refractivity contribution in [2.75, 3.05) is 17.2 Å². The highest BCUT2D eigenvalue weighted by molar-refractivity contribution is 5.90. The molecule has 0 saturated heterocycles. The number of hydrogen-bond donors (Lipinski definition) is 3. The van der Waals surface area contributed by atoms with Gasteiger partial charge >= 0.3 is 0 Å². The molecule has 1 heterocycles. The van der Waals surface area contributed by atoms with Crippen LogP contribution in [-0.2, 0) is 4.79 Å². The molecule has 5 nitrogen and oxygen atoms in total. The monoisotopic (exact) mass is 276 g/mol. The third kappa shape index (κ3) is 4.20. The summed E-state index contributed by atoms with van der Waals surface area (Å²) in [4.78, 5) is 15.8. The highest BCUT2D eigenvalue weighted by Crippen LogP contribution is 2.26. The Morgan fingerprint density at radius 2 is 2.20 bits per heavy atom. The molecule has 1 amide bonds. The Morgan fingerprint density at radius 1 is 1.40 bits per heavy atom. The Labute approximate surface area is 120 Å². The lowest BCUT2D eigenvalue weighted by Crippen LogP contribution is -2.30. The van der Waals surface area contributed by atoms with E-state index in [2.05, 4.69) is 22.5 Å². The molecule has 0 bridgehead atoms. The number of anilines is 2. The second kappa shape index (κ2) is 7.24. The zero-order valence-electron chi connectivity index (χ0n) is 12.1. The van der Waals surface area contributed by atoms with Crippen molar-refractivity contribution < 1.29 is 4.79 Å². The van der Waals surface area contributed by atoms with Crippen LogP contribution in [0.15, 0.2) is 18.3 Å². The number of pyridine rings is 1. The first-order valence-corrected chi connectivity index (χ1v) is 7.41. The van der Waals surface area contributed by atoms with E-state index in [9.17, 15) is 4.79 Å². The number of aromatic nitrogens is 1. The molecule has 0 radical (unpaired) electrons. The lowest BCUT2D eigenvalue weighted by atomic mass is 9.86. The first kappa shape index (κ1) is 14.8. The molecule has 2 rings (SSSR count). The highest BCUT2D eigenvalue weighted by Gasteiger charge is 2.21. The zero-order chi connectivity index (χ0) is 14.4. The maximum atomic E-state index is 11.4. The number of nitrogens with two attached hydrogens (primary N) is 1. The van der Waals surface area contributed by atoms with E-state index in [1.54, 1.807) is 6.20 Å². The number of hydrogen-bond acceptors (Lipinski definition) is 4. The van der Waals surface area contributed by atoms with Crippen molar-refractivity contribution in [3.8, 4) is 0 Å². The summed E-state index contributed by atoms with van der Waals surface area (Å²) in [5.74, 6) is 1.49. The van der Waals surface area contributed by atoms with Gasteiger partial charge in [0, 0.05) is 19.0 Å². The quantitative estimate of drug-likeness (QED) is 0.771. The average Bonchev–Trinajstić information content (AvgIpc) is 2.44. The maximum absolute atomic E-state index is 11.4.